The number of hydrogen-bond acceptors (Lipinski definition) is 2. The molecule has 0 N–H and O–H groups in total. The van der Waals surface area contributed by atoms with E-state index in [-0.39, 0.29) is 0 Å². The van der Waals surface area contributed by atoms with Crippen molar-refractivity contribution in [2.45, 2.75) is 72.1 Å². The molecular formula is C20H40O2Si4. The van der Waals surface area contributed by atoms with E-state index in [0.717, 1.165) is 0 Å². The average Bonchev–Trinajstić information content (AvgIpc) is 2.42. The largest absolute Gasteiger partial charge is 0.380 e. The van der Waals surface area contributed by atoms with Gasteiger partial charge in [-0.3, -0.25) is 0 Å². The molecular weight excluding hydrogens is 385 g/mol. The predicted octanol–water partition coefficient (Wildman–Crippen LogP) is 4.61. The van der Waals surface area contributed by atoms with Crippen LogP contribution in [0.5, 0.6) is 0 Å². The molecule has 0 saturated carbocycles. The maximum Gasteiger partial charge on any atom is 0.0714 e. The molecule has 0 saturated heterocycles. The van der Waals surface area contributed by atoms with Crippen molar-refractivity contribution in [3.8, 4) is 0 Å². The zero-order valence-corrected chi connectivity index (χ0v) is 23.0. The molecule has 0 bridgehead atoms. The van der Waals surface area contributed by atoms with Crippen molar-refractivity contribution >= 4 is 41.3 Å². The lowest BCUT2D eigenvalue weighted by Gasteiger charge is -2.39. The molecule has 148 valence electrons. The van der Waals surface area contributed by atoms with Crippen molar-refractivity contribution < 1.29 is 9.47 Å². The van der Waals surface area contributed by atoms with E-state index in [1.165, 1.54) is 11.1 Å². The van der Waals surface area contributed by atoms with E-state index in [2.05, 4.69) is 77.1 Å². The van der Waals surface area contributed by atoms with Crippen LogP contribution in [0, 0.1) is 0 Å². The fourth-order valence-corrected chi connectivity index (χ4v) is 41.7. The first-order chi connectivity index (χ1) is 11.7. The average molecular weight is 425 g/mol. The molecule has 0 aromatic heterocycles. The molecule has 2 nitrogen and oxygen atoms in total. The van der Waals surface area contributed by atoms with Crippen LogP contribution in [0.25, 0.3) is 0 Å². The van der Waals surface area contributed by atoms with Crippen LogP contribution in [0.1, 0.15) is 11.1 Å². The van der Waals surface area contributed by atoms with Gasteiger partial charge >= 0.3 is 0 Å². The highest BCUT2D eigenvalue weighted by molar-refractivity contribution is 7.55. The van der Waals surface area contributed by atoms with Crippen molar-refractivity contribution in [2.24, 2.45) is 0 Å². The highest BCUT2D eigenvalue weighted by Gasteiger charge is 2.39. The summed E-state index contributed by atoms with van der Waals surface area (Å²) in [4.78, 5) is 0. The van der Waals surface area contributed by atoms with E-state index in [1.54, 1.807) is 5.19 Å². The zero-order valence-electron chi connectivity index (χ0n) is 19.0. The standard InChI is InChI=1S/C20H40O2Si4/c1-21-15-17-13-12-14-18(16-22-2)19(17)23(26(9,10)11)20(24(3,4)5)25(6,7)8/h12-14H,15-16H2,1-11H3. The Morgan fingerprint density at radius 3 is 1.42 bits per heavy atom. The van der Waals surface area contributed by atoms with Crippen molar-refractivity contribution in [3.05, 3.63) is 29.3 Å². The minimum Gasteiger partial charge on any atom is -0.380 e. The van der Waals surface area contributed by atoms with Gasteiger partial charge in [0.1, 0.15) is 0 Å². The number of hydrogen-bond donors (Lipinski definition) is 0. The van der Waals surface area contributed by atoms with Crippen LogP contribution < -0.4 is 5.19 Å². The molecule has 6 heteroatoms. The Hall–Kier alpha value is -0.122. The smallest absolute Gasteiger partial charge is 0.0714 e. The molecule has 0 fully saturated rings. The molecule has 26 heavy (non-hydrogen) atoms. The number of benzene rings is 1. The third kappa shape index (κ3) is 5.94. The summed E-state index contributed by atoms with van der Waals surface area (Å²) in [5, 5.41) is 1.63. The van der Waals surface area contributed by atoms with Gasteiger partial charge in [-0.05, 0) is 16.3 Å². The highest BCUT2D eigenvalue weighted by atomic mass is 29.2. The first kappa shape index (κ1) is 23.9. The summed E-state index contributed by atoms with van der Waals surface area (Å²) < 4.78 is 13.3. The number of methoxy groups -OCH3 is 2. The second kappa shape index (κ2) is 8.92. The van der Waals surface area contributed by atoms with Gasteiger partial charge in [0.25, 0.3) is 0 Å². The van der Waals surface area contributed by atoms with Gasteiger partial charge in [-0.2, -0.15) is 0 Å². The maximum absolute atomic E-state index is 5.62. The minimum absolute atomic E-state index is 0.705. The van der Waals surface area contributed by atoms with Crippen LogP contribution in [0.2, 0.25) is 58.9 Å². The first-order valence-electron chi connectivity index (χ1n) is 9.59. The van der Waals surface area contributed by atoms with Gasteiger partial charge in [0.15, 0.2) is 0 Å². The van der Waals surface area contributed by atoms with E-state index in [9.17, 15) is 0 Å². The van der Waals surface area contributed by atoms with Gasteiger partial charge in [0.2, 0.25) is 0 Å². The lowest BCUT2D eigenvalue weighted by atomic mass is 10.1. The lowest BCUT2D eigenvalue weighted by Crippen LogP contribution is -2.63. The Morgan fingerprint density at radius 1 is 0.769 bits per heavy atom. The van der Waals surface area contributed by atoms with Crippen molar-refractivity contribution in [3.63, 3.8) is 0 Å². The minimum atomic E-state index is -1.41. The van der Waals surface area contributed by atoms with Crippen LogP contribution in [-0.4, -0.2) is 50.3 Å². The van der Waals surface area contributed by atoms with E-state index < -0.39 is 31.7 Å². The van der Waals surface area contributed by atoms with Crippen LogP contribution in [0.3, 0.4) is 0 Å². The van der Waals surface area contributed by atoms with Gasteiger partial charge in [0, 0.05) is 22.1 Å². The Kier molecular flexibility index (Phi) is 8.20. The van der Waals surface area contributed by atoms with E-state index >= 15 is 0 Å². The molecule has 0 unspecified atom stereocenters. The van der Waals surface area contributed by atoms with Gasteiger partial charge in [0.05, 0.1) is 37.0 Å². The third-order valence-electron chi connectivity index (χ3n) is 4.59. The fourth-order valence-electron chi connectivity index (χ4n) is 4.28. The Morgan fingerprint density at radius 2 is 1.15 bits per heavy atom. The highest BCUT2D eigenvalue weighted by Crippen LogP contribution is 2.21. The quantitative estimate of drug-likeness (QED) is 0.567. The summed E-state index contributed by atoms with van der Waals surface area (Å²) in [5.74, 6) is 0. The zero-order chi connectivity index (χ0) is 20.3. The molecule has 0 spiro atoms. The van der Waals surface area contributed by atoms with E-state index in [1.807, 2.05) is 18.6 Å². The summed E-state index contributed by atoms with van der Waals surface area (Å²) in [6.45, 7) is 24.6. The second-order valence-electron chi connectivity index (χ2n) is 10.3. The first-order valence-corrected chi connectivity index (χ1v) is 22.6. The lowest BCUT2D eigenvalue weighted by molar-refractivity contribution is 0.181. The van der Waals surface area contributed by atoms with Crippen molar-refractivity contribution in [1.29, 1.82) is 0 Å². The summed E-state index contributed by atoms with van der Waals surface area (Å²) in [6.07, 6.45) is 0. The summed E-state index contributed by atoms with van der Waals surface area (Å²) in [7, 11) is -1.34. The summed E-state index contributed by atoms with van der Waals surface area (Å²) in [6, 6.07) is 6.75. The number of ether oxygens (including phenoxy) is 2. The molecule has 0 aliphatic heterocycles. The monoisotopic (exact) mass is 424 g/mol. The van der Waals surface area contributed by atoms with Crippen molar-refractivity contribution in [1.82, 2.24) is 0 Å². The normalized spacial score (nSPS) is 13.0. The fraction of sp³-hybridized carbons (Fsp3) is 0.650. The third-order valence-corrected chi connectivity index (χ3v) is 28.7. The molecule has 0 aliphatic rings. The molecule has 0 radical (unpaired) electrons. The van der Waals surface area contributed by atoms with Gasteiger partial charge < -0.3 is 9.47 Å². The molecule has 0 amide bonds. The van der Waals surface area contributed by atoms with Gasteiger partial charge in [-0.15, -0.1) is 4.42 Å². The predicted molar refractivity (Wildman–Crippen MR) is 128 cm³/mol. The molecule has 1 aromatic rings. The number of rotatable bonds is 8. The van der Waals surface area contributed by atoms with E-state index in [0.29, 0.717) is 13.2 Å². The van der Waals surface area contributed by atoms with Crippen LogP contribution >= 0.6 is 0 Å². The molecule has 1 aromatic carbocycles. The maximum atomic E-state index is 5.62. The molecule has 0 aliphatic carbocycles. The Labute approximate surface area is 166 Å². The summed E-state index contributed by atoms with van der Waals surface area (Å²) >= 11 is 0. The van der Waals surface area contributed by atoms with Crippen molar-refractivity contribution in [2.75, 3.05) is 14.2 Å². The van der Waals surface area contributed by atoms with Gasteiger partial charge in [-0.25, -0.2) is 0 Å². The Bertz CT molecular complexity index is 607. The molecule has 0 atom stereocenters. The van der Waals surface area contributed by atoms with Crippen LogP contribution in [-0.2, 0) is 22.7 Å². The van der Waals surface area contributed by atoms with E-state index in [4.69, 9.17) is 9.47 Å². The summed E-state index contributed by atoms with van der Waals surface area (Å²) in [5.41, 5.74) is 2.79. The Balaban J connectivity index is 4.07. The topological polar surface area (TPSA) is 18.5 Å². The van der Waals surface area contributed by atoms with Crippen LogP contribution in [0.15, 0.2) is 18.2 Å². The van der Waals surface area contributed by atoms with Crippen LogP contribution in [0.4, 0.5) is 0 Å². The molecule has 1 rings (SSSR count). The molecule has 0 heterocycles. The second-order valence-corrected chi connectivity index (χ2v) is 34.1. The van der Waals surface area contributed by atoms with Gasteiger partial charge in [-0.1, -0.05) is 77.1 Å². The SMILES string of the molecule is COCc1cccc(COC)c1[Si](=C([Si](C)(C)C)[Si](C)(C)C)[Si](C)(C)C.